The number of nitro groups is 2. The lowest BCUT2D eigenvalue weighted by Gasteiger charge is -2.19. The monoisotopic (exact) mass is 582 g/mol. The molecular formula is C21H27ClN10O8. The van der Waals surface area contributed by atoms with Crippen molar-refractivity contribution in [2.75, 3.05) is 36.8 Å². The maximum atomic E-state index is 11.5. The lowest BCUT2D eigenvalue weighted by atomic mass is 10.2. The molecule has 0 aliphatic carbocycles. The van der Waals surface area contributed by atoms with Gasteiger partial charge in [0.15, 0.2) is 11.0 Å². The maximum absolute atomic E-state index is 11.5. The zero-order chi connectivity index (χ0) is 28.6. The van der Waals surface area contributed by atoms with Gasteiger partial charge in [-0.2, -0.15) is 0 Å². The molecule has 1 amide bonds. The number of nitro benzene ring substituents is 2. The topological polar surface area (TPSA) is 253 Å². The van der Waals surface area contributed by atoms with E-state index < -0.39 is 21.5 Å². The highest BCUT2D eigenvalue weighted by atomic mass is 35.5. The minimum absolute atomic E-state index is 0. The number of nitrogens with one attached hydrogen (secondary N) is 3. The molecule has 2 aromatic carbocycles. The third kappa shape index (κ3) is 8.08. The highest BCUT2D eigenvalue weighted by Gasteiger charge is 2.20. The average Bonchev–Trinajstić information content (AvgIpc) is 3.54. The van der Waals surface area contributed by atoms with Crippen LogP contribution in [-0.2, 0) is 4.74 Å². The third-order valence-corrected chi connectivity index (χ3v) is 4.75. The smallest absolute Gasteiger partial charge is 0.407 e. The van der Waals surface area contributed by atoms with Crippen LogP contribution in [-0.4, -0.2) is 68.3 Å². The van der Waals surface area contributed by atoms with Crippen LogP contribution in [0.5, 0.6) is 0 Å². The summed E-state index contributed by atoms with van der Waals surface area (Å²) in [5, 5.41) is 44.5. The summed E-state index contributed by atoms with van der Waals surface area (Å²) < 4.78 is 14.2. The molecule has 0 radical (unpaired) electrons. The molecule has 0 saturated heterocycles. The van der Waals surface area contributed by atoms with E-state index in [0.29, 0.717) is 43.1 Å². The maximum Gasteiger partial charge on any atom is 0.407 e. The van der Waals surface area contributed by atoms with Gasteiger partial charge in [0.1, 0.15) is 5.60 Å². The van der Waals surface area contributed by atoms with Crippen molar-refractivity contribution in [2.45, 2.75) is 26.4 Å². The van der Waals surface area contributed by atoms with Gasteiger partial charge >= 0.3 is 17.5 Å². The zero-order valence-corrected chi connectivity index (χ0v) is 22.4. The molecule has 0 bridgehead atoms. The molecule has 0 spiro atoms. The molecule has 19 heteroatoms. The predicted molar refractivity (Wildman–Crippen MR) is 144 cm³/mol. The number of hydrogen-bond donors (Lipinski definition) is 4. The summed E-state index contributed by atoms with van der Waals surface area (Å²) in [7, 11) is 0. The Morgan fingerprint density at radius 1 is 0.850 bits per heavy atom. The Labute approximate surface area is 231 Å². The Morgan fingerprint density at radius 2 is 1.30 bits per heavy atom. The Balaban J connectivity index is 0.000000290. The molecule has 0 aliphatic rings. The standard InChI is InChI=1S/C13H17N5O5.C8H9N5O3.ClH/c1-13(2,3)22-12(19)15-7-6-14-8-4-5-9(18(20)21)11-10(8)16-23-17-11;9-3-4-10-5-1-2-6(13(14)15)8-7(5)11-16-12-8;/h4-5,14H,6-7H2,1-3H3,(H,15,19);1-2,10H,3-4,9H2;1H. The van der Waals surface area contributed by atoms with Gasteiger partial charge < -0.3 is 26.4 Å². The van der Waals surface area contributed by atoms with Crippen LogP contribution in [0.3, 0.4) is 0 Å². The molecule has 0 atom stereocenters. The van der Waals surface area contributed by atoms with Crippen molar-refractivity contribution in [3.05, 3.63) is 44.5 Å². The van der Waals surface area contributed by atoms with Gasteiger partial charge in [0, 0.05) is 38.3 Å². The number of benzene rings is 2. The Hall–Kier alpha value is -4.84. The highest BCUT2D eigenvalue weighted by Crippen LogP contribution is 2.29. The van der Waals surface area contributed by atoms with E-state index in [2.05, 4.69) is 45.8 Å². The first kappa shape index (κ1) is 31.4. The molecule has 2 aromatic heterocycles. The van der Waals surface area contributed by atoms with Crippen molar-refractivity contribution in [1.29, 1.82) is 0 Å². The van der Waals surface area contributed by atoms with Crippen molar-refractivity contribution in [2.24, 2.45) is 5.73 Å². The minimum Gasteiger partial charge on any atom is -0.444 e. The first-order valence-corrected chi connectivity index (χ1v) is 11.5. The first-order valence-electron chi connectivity index (χ1n) is 11.5. The van der Waals surface area contributed by atoms with Crippen molar-refractivity contribution < 1.29 is 28.6 Å². The van der Waals surface area contributed by atoms with Gasteiger partial charge in [-0.25, -0.2) is 14.1 Å². The fraction of sp³-hybridized carbons (Fsp3) is 0.381. The summed E-state index contributed by atoms with van der Waals surface area (Å²) in [6.07, 6.45) is -0.517. The SMILES string of the molecule is CC(C)(C)OC(=O)NCCNc1ccc([N+](=O)[O-])c2nonc12.Cl.NCCNc1ccc([N+](=O)[O-])c2nonc12. The molecule has 0 saturated carbocycles. The summed E-state index contributed by atoms with van der Waals surface area (Å²) in [6.45, 7) is 6.99. The number of nitrogens with zero attached hydrogens (tertiary/aromatic N) is 6. The minimum atomic E-state index is -0.561. The van der Waals surface area contributed by atoms with E-state index in [1.54, 1.807) is 26.8 Å². The van der Waals surface area contributed by atoms with Crippen molar-refractivity contribution in [3.63, 3.8) is 0 Å². The Morgan fingerprint density at radius 3 is 1.73 bits per heavy atom. The molecular weight excluding hydrogens is 556 g/mol. The molecule has 18 nitrogen and oxygen atoms in total. The fourth-order valence-electron chi connectivity index (χ4n) is 3.17. The fourth-order valence-corrected chi connectivity index (χ4v) is 3.17. The second-order valence-corrected chi connectivity index (χ2v) is 8.77. The quantitative estimate of drug-likeness (QED) is 0.126. The largest absolute Gasteiger partial charge is 0.444 e. The Bertz CT molecular complexity index is 1470. The van der Waals surface area contributed by atoms with Gasteiger partial charge in [-0.15, -0.1) is 12.4 Å². The van der Waals surface area contributed by atoms with Gasteiger partial charge in [-0.3, -0.25) is 20.2 Å². The van der Waals surface area contributed by atoms with Crippen LogP contribution in [0.1, 0.15) is 20.8 Å². The van der Waals surface area contributed by atoms with Crippen molar-refractivity contribution in [3.8, 4) is 0 Å². The van der Waals surface area contributed by atoms with Gasteiger partial charge in [0.05, 0.1) is 21.2 Å². The molecule has 4 rings (SSSR count). The third-order valence-electron chi connectivity index (χ3n) is 4.75. The zero-order valence-electron chi connectivity index (χ0n) is 21.6. The van der Waals surface area contributed by atoms with E-state index in [1.165, 1.54) is 18.2 Å². The van der Waals surface area contributed by atoms with E-state index >= 15 is 0 Å². The van der Waals surface area contributed by atoms with E-state index in [4.69, 9.17) is 10.5 Å². The van der Waals surface area contributed by atoms with Gasteiger partial charge in [0.2, 0.25) is 11.0 Å². The average molecular weight is 583 g/mol. The molecule has 4 aromatic rings. The van der Waals surface area contributed by atoms with Crippen LogP contribution in [0.25, 0.3) is 22.1 Å². The van der Waals surface area contributed by atoms with E-state index in [1.807, 2.05) is 0 Å². The number of carbonyl (C=O) groups excluding carboxylic acids is 1. The van der Waals surface area contributed by atoms with Crippen molar-refractivity contribution in [1.82, 2.24) is 25.9 Å². The summed E-state index contributed by atoms with van der Waals surface area (Å²) in [6, 6.07) is 5.74. The number of non-ortho nitro benzene ring substituents is 2. The number of amides is 1. The predicted octanol–water partition coefficient (Wildman–Crippen LogP) is 2.99. The van der Waals surface area contributed by atoms with Gasteiger partial charge in [0.25, 0.3) is 0 Å². The van der Waals surface area contributed by atoms with Gasteiger partial charge in [-0.1, -0.05) is 0 Å². The highest BCUT2D eigenvalue weighted by molar-refractivity contribution is 5.94. The van der Waals surface area contributed by atoms with Crippen LogP contribution in [0.4, 0.5) is 27.5 Å². The number of rotatable bonds is 9. The summed E-state index contributed by atoms with van der Waals surface area (Å²) in [4.78, 5) is 32.0. The summed E-state index contributed by atoms with van der Waals surface area (Å²) >= 11 is 0. The number of aromatic nitrogens is 4. The normalized spacial score (nSPS) is 10.7. The van der Waals surface area contributed by atoms with E-state index in [0.717, 1.165) is 0 Å². The summed E-state index contributed by atoms with van der Waals surface area (Å²) in [5.41, 5.74) is 6.41. The van der Waals surface area contributed by atoms with Crippen LogP contribution < -0.4 is 21.7 Å². The number of hydrogen-bond acceptors (Lipinski definition) is 15. The number of alkyl carbamates (subject to hydrolysis) is 1. The number of halogens is 1. The lowest BCUT2D eigenvalue weighted by Crippen LogP contribution is -2.35. The van der Waals surface area contributed by atoms with Crippen LogP contribution in [0.15, 0.2) is 33.5 Å². The van der Waals surface area contributed by atoms with Crippen molar-refractivity contribution >= 4 is 63.3 Å². The molecule has 0 fully saturated rings. The van der Waals surface area contributed by atoms with Crippen LogP contribution in [0, 0.1) is 20.2 Å². The number of anilines is 2. The second kappa shape index (κ2) is 13.8. The number of fused-ring (bicyclic) bond motifs is 2. The van der Waals surface area contributed by atoms with E-state index in [-0.39, 0.29) is 40.3 Å². The summed E-state index contributed by atoms with van der Waals surface area (Å²) in [5.74, 6) is 0. The Kier molecular flexibility index (Phi) is 10.8. The number of carbonyl (C=O) groups is 1. The molecule has 0 aliphatic heterocycles. The molecule has 40 heavy (non-hydrogen) atoms. The van der Waals surface area contributed by atoms with Crippen LogP contribution in [0.2, 0.25) is 0 Å². The van der Waals surface area contributed by atoms with Gasteiger partial charge in [-0.05, 0) is 53.5 Å². The van der Waals surface area contributed by atoms with E-state index in [9.17, 15) is 25.0 Å². The molecule has 216 valence electrons. The molecule has 5 N–H and O–H groups in total. The molecule has 0 unspecified atom stereocenters. The number of ether oxygens (including phenoxy) is 1. The number of nitrogens with two attached hydrogens (primary N) is 1. The first-order chi connectivity index (χ1) is 18.5. The second-order valence-electron chi connectivity index (χ2n) is 8.77. The lowest BCUT2D eigenvalue weighted by molar-refractivity contribution is -0.383. The van der Waals surface area contributed by atoms with Crippen LogP contribution >= 0.6 is 12.4 Å². The molecule has 2 heterocycles.